The van der Waals surface area contributed by atoms with Crippen molar-refractivity contribution in [3.8, 4) is 11.5 Å². The molecule has 0 atom stereocenters. The summed E-state index contributed by atoms with van der Waals surface area (Å²) < 4.78 is 10.5. The summed E-state index contributed by atoms with van der Waals surface area (Å²) in [4.78, 5) is 15.1. The van der Waals surface area contributed by atoms with Gasteiger partial charge in [0.2, 0.25) is 0 Å². The van der Waals surface area contributed by atoms with Crippen LogP contribution in [-0.4, -0.2) is 44.5 Å². The maximum atomic E-state index is 13.0. The quantitative estimate of drug-likeness (QED) is 0.776. The second kappa shape index (κ2) is 5.83. The van der Waals surface area contributed by atoms with Gasteiger partial charge >= 0.3 is 0 Å². The Kier molecular flexibility index (Phi) is 4.33. The van der Waals surface area contributed by atoms with E-state index in [1.165, 1.54) is 0 Å². The van der Waals surface area contributed by atoms with E-state index in [-0.39, 0.29) is 11.3 Å². The highest BCUT2D eigenvalue weighted by atomic mass is 16.5. The number of hydrogen-bond acceptors (Lipinski definition) is 4. The van der Waals surface area contributed by atoms with E-state index in [1.807, 2.05) is 14.1 Å². The predicted molar refractivity (Wildman–Crippen MR) is 78.8 cm³/mol. The molecule has 0 bridgehead atoms. The minimum Gasteiger partial charge on any atom is -0.497 e. The number of carbonyl (C=O) groups excluding carboxylic acids is 1. The van der Waals surface area contributed by atoms with Crippen molar-refractivity contribution in [3.05, 3.63) is 23.8 Å². The third kappa shape index (κ3) is 2.52. The maximum absolute atomic E-state index is 13.0. The van der Waals surface area contributed by atoms with Gasteiger partial charge in [-0.2, -0.15) is 0 Å². The summed E-state index contributed by atoms with van der Waals surface area (Å²) in [5, 5.41) is 0. The Hall–Kier alpha value is -1.55. The van der Waals surface area contributed by atoms with Gasteiger partial charge in [0.05, 0.1) is 19.8 Å². The summed E-state index contributed by atoms with van der Waals surface area (Å²) >= 11 is 0. The van der Waals surface area contributed by atoms with E-state index < -0.39 is 0 Å². The van der Waals surface area contributed by atoms with E-state index in [0.29, 0.717) is 17.1 Å². The van der Waals surface area contributed by atoms with Crippen LogP contribution in [-0.2, 0) is 0 Å². The van der Waals surface area contributed by atoms with Gasteiger partial charge in [0, 0.05) is 11.6 Å². The molecule has 110 valence electrons. The fourth-order valence-corrected chi connectivity index (χ4v) is 3.04. The van der Waals surface area contributed by atoms with Crippen molar-refractivity contribution >= 4 is 5.78 Å². The van der Waals surface area contributed by atoms with Gasteiger partial charge in [0.25, 0.3) is 0 Å². The lowest BCUT2D eigenvalue weighted by Gasteiger charge is -2.34. The monoisotopic (exact) mass is 277 g/mol. The molecule has 0 saturated heterocycles. The van der Waals surface area contributed by atoms with Gasteiger partial charge in [-0.3, -0.25) is 9.69 Å². The number of ketones is 1. The highest BCUT2D eigenvalue weighted by Crippen LogP contribution is 2.37. The molecule has 0 heterocycles. The van der Waals surface area contributed by atoms with Crippen molar-refractivity contribution in [2.75, 3.05) is 28.3 Å². The van der Waals surface area contributed by atoms with Crippen LogP contribution in [0.4, 0.5) is 0 Å². The number of ether oxygens (including phenoxy) is 2. The molecule has 4 heteroatoms. The van der Waals surface area contributed by atoms with Gasteiger partial charge in [0.15, 0.2) is 5.78 Å². The highest BCUT2D eigenvalue weighted by molar-refractivity contribution is 6.04. The standard InChI is InChI=1S/C16H23NO3/c1-17(2)16(7-5-6-8-16)15(18)12-9-13(19-3)11-14(10-12)20-4/h9-11H,5-8H2,1-4H3. The average Bonchev–Trinajstić information content (AvgIpc) is 2.96. The molecule has 1 fully saturated rings. The lowest BCUT2D eigenvalue weighted by atomic mass is 9.86. The molecule has 0 amide bonds. The fourth-order valence-electron chi connectivity index (χ4n) is 3.04. The number of carbonyl (C=O) groups is 1. The largest absolute Gasteiger partial charge is 0.497 e. The first-order chi connectivity index (χ1) is 9.53. The van der Waals surface area contributed by atoms with Crippen molar-refractivity contribution < 1.29 is 14.3 Å². The Morgan fingerprint density at radius 3 is 1.95 bits per heavy atom. The highest BCUT2D eigenvalue weighted by Gasteiger charge is 2.43. The third-order valence-electron chi connectivity index (χ3n) is 4.32. The minimum atomic E-state index is -0.378. The van der Waals surface area contributed by atoms with Crippen LogP contribution in [0.1, 0.15) is 36.0 Å². The molecule has 1 aliphatic rings. The number of rotatable bonds is 5. The normalized spacial score (nSPS) is 17.2. The topological polar surface area (TPSA) is 38.8 Å². The number of methoxy groups -OCH3 is 2. The molecule has 0 aliphatic heterocycles. The summed E-state index contributed by atoms with van der Waals surface area (Å²) in [5.74, 6) is 1.47. The van der Waals surface area contributed by atoms with E-state index in [0.717, 1.165) is 25.7 Å². The van der Waals surface area contributed by atoms with Crippen molar-refractivity contribution in [2.24, 2.45) is 0 Å². The molecular formula is C16H23NO3. The zero-order chi connectivity index (χ0) is 14.8. The number of nitrogens with zero attached hydrogens (tertiary/aromatic N) is 1. The van der Waals surface area contributed by atoms with E-state index >= 15 is 0 Å². The number of likely N-dealkylation sites (N-methyl/N-ethyl adjacent to an activating group) is 1. The van der Waals surface area contributed by atoms with Gasteiger partial charge in [-0.25, -0.2) is 0 Å². The van der Waals surface area contributed by atoms with E-state index in [1.54, 1.807) is 32.4 Å². The van der Waals surface area contributed by atoms with Gasteiger partial charge in [-0.1, -0.05) is 12.8 Å². The average molecular weight is 277 g/mol. The zero-order valence-corrected chi connectivity index (χ0v) is 12.7. The molecule has 0 aromatic heterocycles. The summed E-state index contributed by atoms with van der Waals surface area (Å²) in [5.41, 5.74) is 0.286. The minimum absolute atomic E-state index is 0.164. The van der Waals surface area contributed by atoms with Crippen LogP contribution in [0.5, 0.6) is 11.5 Å². The first-order valence-electron chi connectivity index (χ1n) is 6.99. The van der Waals surface area contributed by atoms with Crippen LogP contribution in [0.3, 0.4) is 0 Å². The Morgan fingerprint density at radius 1 is 1.05 bits per heavy atom. The molecule has 0 unspecified atom stereocenters. The molecule has 1 aliphatic carbocycles. The number of benzene rings is 1. The first kappa shape index (κ1) is 14.9. The SMILES string of the molecule is COc1cc(OC)cc(C(=O)C2(N(C)C)CCCC2)c1. The van der Waals surface area contributed by atoms with E-state index in [2.05, 4.69) is 4.90 Å². The molecule has 1 aromatic rings. The molecule has 0 spiro atoms. The van der Waals surface area contributed by atoms with Crippen LogP contribution >= 0.6 is 0 Å². The summed E-state index contributed by atoms with van der Waals surface area (Å²) in [6.45, 7) is 0. The molecule has 4 nitrogen and oxygen atoms in total. The fraction of sp³-hybridized carbons (Fsp3) is 0.562. The molecule has 20 heavy (non-hydrogen) atoms. The molecule has 1 saturated carbocycles. The second-order valence-electron chi connectivity index (χ2n) is 5.56. The predicted octanol–water partition coefficient (Wildman–Crippen LogP) is 2.76. The van der Waals surface area contributed by atoms with Gasteiger partial charge in [-0.15, -0.1) is 0 Å². The Morgan fingerprint density at radius 2 is 1.55 bits per heavy atom. The molecule has 0 N–H and O–H groups in total. The van der Waals surface area contributed by atoms with Crippen LogP contribution < -0.4 is 9.47 Å². The molecule has 2 rings (SSSR count). The van der Waals surface area contributed by atoms with Gasteiger partial charge in [-0.05, 0) is 39.1 Å². The van der Waals surface area contributed by atoms with E-state index in [9.17, 15) is 4.79 Å². The van der Waals surface area contributed by atoms with Gasteiger partial charge in [0.1, 0.15) is 11.5 Å². The first-order valence-corrected chi connectivity index (χ1v) is 6.99. The summed E-state index contributed by atoms with van der Waals surface area (Å²) in [6, 6.07) is 5.39. The van der Waals surface area contributed by atoms with Crippen molar-refractivity contribution in [3.63, 3.8) is 0 Å². The Bertz CT molecular complexity index is 468. The van der Waals surface area contributed by atoms with Crippen molar-refractivity contribution in [1.29, 1.82) is 0 Å². The van der Waals surface area contributed by atoms with Gasteiger partial charge < -0.3 is 9.47 Å². The summed E-state index contributed by atoms with van der Waals surface area (Å²) in [6.07, 6.45) is 4.03. The lowest BCUT2D eigenvalue weighted by molar-refractivity contribution is 0.0692. The Labute approximate surface area is 120 Å². The molecule has 0 radical (unpaired) electrons. The number of Topliss-reactive ketones (excluding diaryl/α,β-unsaturated/α-hetero) is 1. The van der Waals surface area contributed by atoms with Crippen LogP contribution in [0, 0.1) is 0 Å². The summed E-state index contributed by atoms with van der Waals surface area (Å²) in [7, 11) is 7.17. The smallest absolute Gasteiger partial charge is 0.183 e. The third-order valence-corrected chi connectivity index (χ3v) is 4.32. The zero-order valence-electron chi connectivity index (χ0n) is 12.7. The van der Waals surface area contributed by atoms with Crippen LogP contribution in [0.15, 0.2) is 18.2 Å². The number of hydrogen-bond donors (Lipinski definition) is 0. The van der Waals surface area contributed by atoms with Crippen LogP contribution in [0.2, 0.25) is 0 Å². The second-order valence-corrected chi connectivity index (χ2v) is 5.56. The van der Waals surface area contributed by atoms with Crippen molar-refractivity contribution in [1.82, 2.24) is 4.90 Å². The maximum Gasteiger partial charge on any atom is 0.183 e. The lowest BCUT2D eigenvalue weighted by Crippen LogP contribution is -2.48. The molecular weight excluding hydrogens is 254 g/mol. The van der Waals surface area contributed by atoms with Crippen LogP contribution in [0.25, 0.3) is 0 Å². The van der Waals surface area contributed by atoms with Crippen molar-refractivity contribution in [2.45, 2.75) is 31.2 Å². The Balaban J connectivity index is 2.41. The molecule has 1 aromatic carbocycles. The van der Waals surface area contributed by atoms with E-state index in [4.69, 9.17) is 9.47 Å².